The molecule has 0 unspecified atom stereocenters. The molecule has 0 spiro atoms. The number of aromatic nitrogens is 3. The summed E-state index contributed by atoms with van der Waals surface area (Å²) >= 11 is 5.83. The molecule has 3 aromatic rings. The van der Waals surface area contributed by atoms with Crippen molar-refractivity contribution in [3.63, 3.8) is 0 Å². The number of benzene rings is 1. The van der Waals surface area contributed by atoms with E-state index in [-0.39, 0.29) is 5.43 Å². The molecule has 0 aliphatic heterocycles. The largest absolute Gasteiger partial charge is 0.463 e. The van der Waals surface area contributed by atoms with Crippen molar-refractivity contribution in [1.29, 1.82) is 0 Å². The topological polar surface area (TPSA) is 84.1 Å². The highest BCUT2D eigenvalue weighted by Gasteiger charge is 2.05. The molecule has 0 radical (unpaired) electrons. The van der Waals surface area contributed by atoms with Crippen molar-refractivity contribution in [2.45, 2.75) is 0 Å². The number of halogens is 1. The standard InChI is InChI=1S/C12H7ClN4O2/c13-8-1-2-9-10(3-8)19-5-7(11(9)18)4-14-12-15-6-16-17-12/h1-6H,(H,15,16,17). The van der Waals surface area contributed by atoms with E-state index in [1.165, 1.54) is 18.8 Å². The number of hydrogen-bond acceptors (Lipinski definition) is 5. The van der Waals surface area contributed by atoms with Gasteiger partial charge in [0.25, 0.3) is 0 Å². The Morgan fingerprint density at radius 1 is 1.42 bits per heavy atom. The van der Waals surface area contributed by atoms with Gasteiger partial charge in [0.05, 0.1) is 10.9 Å². The number of fused-ring (bicyclic) bond motifs is 1. The van der Waals surface area contributed by atoms with Gasteiger partial charge in [-0.1, -0.05) is 11.6 Å². The fourth-order valence-corrected chi connectivity index (χ4v) is 1.76. The van der Waals surface area contributed by atoms with E-state index in [9.17, 15) is 4.79 Å². The highest BCUT2D eigenvalue weighted by Crippen LogP contribution is 2.16. The predicted octanol–water partition coefficient (Wildman–Crippen LogP) is 2.32. The van der Waals surface area contributed by atoms with Gasteiger partial charge in [0.1, 0.15) is 18.2 Å². The van der Waals surface area contributed by atoms with E-state index < -0.39 is 0 Å². The Morgan fingerprint density at radius 2 is 2.32 bits per heavy atom. The molecule has 2 aromatic heterocycles. The van der Waals surface area contributed by atoms with Crippen LogP contribution >= 0.6 is 11.6 Å². The molecule has 0 amide bonds. The van der Waals surface area contributed by atoms with Gasteiger partial charge in [-0.05, 0) is 12.1 Å². The lowest BCUT2D eigenvalue weighted by molar-refractivity contribution is 0.601. The van der Waals surface area contributed by atoms with Crippen LogP contribution in [-0.2, 0) is 0 Å². The van der Waals surface area contributed by atoms with Gasteiger partial charge in [0.15, 0.2) is 0 Å². The van der Waals surface area contributed by atoms with E-state index in [2.05, 4.69) is 20.2 Å². The van der Waals surface area contributed by atoms with Crippen LogP contribution in [-0.4, -0.2) is 21.4 Å². The predicted molar refractivity (Wildman–Crippen MR) is 71.1 cm³/mol. The Morgan fingerprint density at radius 3 is 3.11 bits per heavy atom. The zero-order valence-corrected chi connectivity index (χ0v) is 10.3. The Labute approximate surface area is 111 Å². The summed E-state index contributed by atoms with van der Waals surface area (Å²) in [6.07, 6.45) is 4.04. The first kappa shape index (κ1) is 11.6. The highest BCUT2D eigenvalue weighted by molar-refractivity contribution is 6.31. The van der Waals surface area contributed by atoms with Crippen molar-refractivity contribution >= 4 is 34.7 Å². The first-order chi connectivity index (χ1) is 9.24. The monoisotopic (exact) mass is 274 g/mol. The molecule has 94 valence electrons. The third-order valence-corrected chi connectivity index (χ3v) is 2.73. The summed E-state index contributed by atoms with van der Waals surface area (Å²) < 4.78 is 5.35. The second kappa shape index (κ2) is 4.66. The summed E-state index contributed by atoms with van der Waals surface area (Å²) in [7, 11) is 0. The lowest BCUT2D eigenvalue weighted by Crippen LogP contribution is -2.07. The Hall–Kier alpha value is -2.47. The lowest BCUT2D eigenvalue weighted by Gasteiger charge is -1.98. The van der Waals surface area contributed by atoms with E-state index in [1.54, 1.807) is 18.2 Å². The fraction of sp³-hybridized carbons (Fsp3) is 0. The van der Waals surface area contributed by atoms with E-state index in [0.717, 1.165) is 0 Å². The number of nitrogens with one attached hydrogen (secondary N) is 1. The summed E-state index contributed by atoms with van der Waals surface area (Å²) in [6, 6.07) is 4.85. The molecule has 6 nitrogen and oxygen atoms in total. The minimum Gasteiger partial charge on any atom is -0.463 e. The Balaban J connectivity index is 2.08. The van der Waals surface area contributed by atoms with Gasteiger partial charge < -0.3 is 4.42 Å². The van der Waals surface area contributed by atoms with Crippen molar-refractivity contribution in [3.8, 4) is 0 Å². The van der Waals surface area contributed by atoms with Gasteiger partial charge in [0, 0.05) is 17.3 Å². The van der Waals surface area contributed by atoms with E-state index in [4.69, 9.17) is 16.0 Å². The van der Waals surface area contributed by atoms with Gasteiger partial charge in [-0.25, -0.2) is 10.1 Å². The maximum Gasteiger partial charge on any atom is 0.245 e. The van der Waals surface area contributed by atoms with Crippen molar-refractivity contribution < 1.29 is 4.42 Å². The molecule has 0 saturated carbocycles. The van der Waals surface area contributed by atoms with E-state index in [0.29, 0.717) is 27.5 Å². The minimum atomic E-state index is -0.179. The van der Waals surface area contributed by atoms with Crippen LogP contribution < -0.4 is 5.43 Å². The molecular formula is C12H7ClN4O2. The van der Waals surface area contributed by atoms with Gasteiger partial charge in [0.2, 0.25) is 11.4 Å². The molecule has 0 saturated heterocycles. The number of hydrogen-bond donors (Lipinski definition) is 1. The van der Waals surface area contributed by atoms with Gasteiger partial charge in [-0.15, -0.1) is 0 Å². The maximum absolute atomic E-state index is 12.2. The van der Waals surface area contributed by atoms with Crippen molar-refractivity contribution in [2.24, 2.45) is 4.99 Å². The van der Waals surface area contributed by atoms with Gasteiger partial charge in [-0.2, -0.15) is 10.1 Å². The molecule has 2 heterocycles. The maximum atomic E-state index is 12.2. The molecule has 3 rings (SSSR count). The molecule has 0 aliphatic carbocycles. The number of nitrogens with zero attached hydrogens (tertiary/aromatic N) is 3. The molecule has 0 fully saturated rings. The van der Waals surface area contributed by atoms with Crippen LogP contribution in [0.3, 0.4) is 0 Å². The smallest absolute Gasteiger partial charge is 0.245 e. The first-order valence-electron chi connectivity index (χ1n) is 5.34. The van der Waals surface area contributed by atoms with Crippen LogP contribution in [0, 0.1) is 0 Å². The van der Waals surface area contributed by atoms with Crippen molar-refractivity contribution in [2.75, 3.05) is 0 Å². The number of aliphatic imine (C=N–C) groups is 1. The molecule has 1 N–H and O–H groups in total. The zero-order valence-electron chi connectivity index (χ0n) is 9.50. The van der Waals surface area contributed by atoms with Crippen LogP contribution in [0.1, 0.15) is 5.56 Å². The Bertz CT molecular complexity index is 808. The molecule has 0 bridgehead atoms. The average Bonchev–Trinajstić information content (AvgIpc) is 2.91. The SMILES string of the molecule is O=c1c(C=Nc2ncn[nH]2)coc2cc(Cl)ccc12. The van der Waals surface area contributed by atoms with Crippen molar-refractivity contribution in [1.82, 2.24) is 15.2 Å². The van der Waals surface area contributed by atoms with Crippen LogP contribution in [0.5, 0.6) is 0 Å². The van der Waals surface area contributed by atoms with Crippen LogP contribution in [0.4, 0.5) is 5.95 Å². The molecule has 1 aromatic carbocycles. The zero-order chi connectivity index (χ0) is 13.2. The van der Waals surface area contributed by atoms with Crippen LogP contribution in [0.2, 0.25) is 5.02 Å². The fourth-order valence-electron chi connectivity index (χ4n) is 1.60. The summed E-state index contributed by atoms with van der Waals surface area (Å²) in [5.74, 6) is 0.315. The highest BCUT2D eigenvalue weighted by atomic mass is 35.5. The van der Waals surface area contributed by atoms with E-state index >= 15 is 0 Å². The number of H-pyrrole nitrogens is 1. The third-order valence-electron chi connectivity index (χ3n) is 2.49. The Kier molecular flexibility index (Phi) is 2.85. The summed E-state index contributed by atoms with van der Waals surface area (Å²) in [5, 5.41) is 7.18. The molecule has 7 heteroatoms. The normalized spacial score (nSPS) is 11.4. The first-order valence-corrected chi connectivity index (χ1v) is 5.72. The van der Waals surface area contributed by atoms with Crippen LogP contribution in [0.25, 0.3) is 11.0 Å². The molecular weight excluding hydrogens is 268 g/mol. The van der Waals surface area contributed by atoms with Crippen molar-refractivity contribution in [3.05, 3.63) is 51.6 Å². The van der Waals surface area contributed by atoms with E-state index in [1.807, 2.05) is 0 Å². The third kappa shape index (κ3) is 2.25. The second-order valence-electron chi connectivity index (χ2n) is 3.73. The molecule has 0 aliphatic rings. The summed E-state index contributed by atoms with van der Waals surface area (Å²) in [4.78, 5) is 20.0. The molecule has 0 atom stereocenters. The average molecular weight is 275 g/mol. The second-order valence-corrected chi connectivity index (χ2v) is 4.16. The van der Waals surface area contributed by atoms with Crippen LogP contribution in [0.15, 0.2) is 45.0 Å². The van der Waals surface area contributed by atoms with Gasteiger partial charge in [-0.3, -0.25) is 4.79 Å². The summed E-state index contributed by atoms with van der Waals surface area (Å²) in [6.45, 7) is 0. The number of aromatic amines is 1. The lowest BCUT2D eigenvalue weighted by atomic mass is 10.2. The minimum absolute atomic E-state index is 0.179. The molecule has 19 heavy (non-hydrogen) atoms. The summed E-state index contributed by atoms with van der Waals surface area (Å²) in [5.41, 5.74) is 0.585. The van der Waals surface area contributed by atoms with Gasteiger partial charge >= 0.3 is 0 Å². The quantitative estimate of drug-likeness (QED) is 0.727. The number of rotatable bonds is 2.